The van der Waals surface area contributed by atoms with Gasteiger partial charge in [-0.3, -0.25) is 25.4 Å². The third-order valence-corrected chi connectivity index (χ3v) is 5.62. The van der Waals surface area contributed by atoms with Crippen molar-refractivity contribution in [1.29, 1.82) is 5.41 Å². The highest BCUT2D eigenvalue weighted by molar-refractivity contribution is 6.65. The molecule has 6 N–H and O–H groups in total. The van der Waals surface area contributed by atoms with Crippen LogP contribution in [0.5, 0.6) is 0 Å². The minimum atomic E-state index is -0.642. The Morgan fingerprint density at radius 1 is 1.21 bits per heavy atom. The number of hydrogen-bond donors (Lipinski definition) is 5. The summed E-state index contributed by atoms with van der Waals surface area (Å²) in [6.45, 7) is 8.00. The van der Waals surface area contributed by atoms with Gasteiger partial charge in [-0.2, -0.15) is 5.10 Å². The second-order valence-corrected chi connectivity index (χ2v) is 7.99. The molecule has 9 nitrogen and oxygen atoms in total. The molecule has 0 saturated carbocycles. The number of hydrogen-bond acceptors (Lipinski definition) is 7. The van der Waals surface area contributed by atoms with Crippen LogP contribution in [0.15, 0.2) is 76.8 Å². The quantitative estimate of drug-likeness (QED) is 0.320. The molecule has 1 aliphatic heterocycles. The van der Waals surface area contributed by atoms with Crippen LogP contribution in [0, 0.1) is 11.3 Å². The Labute approximate surface area is 198 Å². The van der Waals surface area contributed by atoms with E-state index in [1.807, 2.05) is 61.5 Å². The zero-order chi connectivity index (χ0) is 24.7. The number of anilines is 1. The lowest BCUT2D eigenvalue weighted by Crippen LogP contribution is -2.47. The molecule has 0 aromatic heterocycles. The Hall–Kier alpha value is -4.11. The molecule has 0 radical (unpaired) electrons. The summed E-state index contributed by atoms with van der Waals surface area (Å²) >= 11 is 0. The van der Waals surface area contributed by atoms with Crippen LogP contribution in [-0.4, -0.2) is 41.5 Å². The van der Waals surface area contributed by atoms with Gasteiger partial charge in [0.05, 0.1) is 35.4 Å². The first-order valence-corrected chi connectivity index (χ1v) is 10.9. The van der Waals surface area contributed by atoms with Crippen LogP contribution in [0.3, 0.4) is 0 Å². The van der Waals surface area contributed by atoms with E-state index in [0.29, 0.717) is 23.5 Å². The molecule has 1 heterocycles. The van der Waals surface area contributed by atoms with Crippen molar-refractivity contribution in [2.75, 3.05) is 12.0 Å². The van der Waals surface area contributed by atoms with E-state index in [2.05, 4.69) is 27.7 Å². The second kappa shape index (κ2) is 11.2. The molecule has 0 aliphatic carbocycles. The fraction of sp³-hybridized carbons (Fsp3) is 0.240. The summed E-state index contributed by atoms with van der Waals surface area (Å²) in [6.07, 6.45) is 0. The van der Waals surface area contributed by atoms with Gasteiger partial charge in [0.25, 0.3) is 5.91 Å². The monoisotopic (exact) mass is 459 g/mol. The van der Waals surface area contributed by atoms with E-state index in [4.69, 9.17) is 16.1 Å². The first-order valence-electron chi connectivity index (χ1n) is 10.9. The lowest BCUT2D eigenvalue weighted by atomic mass is 9.90. The molecule has 9 heteroatoms. The van der Waals surface area contributed by atoms with Gasteiger partial charge < -0.3 is 16.4 Å². The predicted molar refractivity (Wildman–Crippen MR) is 136 cm³/mol. The minimum absolute atomic E-state index is 0.0313. The molecule has 2 atom stereocenters. The van der Waals surface area contributed by atoms with Gasteiger partial charge in [-0.05, 0) is 36.3 Å². The van der Waals surface area contributed by atoms with Crippen LogP contribution in [0.25, 0.3) is 0 Å². The van der Waals surface area contributed by atoms with E-state index in [0.717, 1.165) is 11.3 Å². The van der Waals surface area contributed by atoms with Gasteiger partial charge in [-0.25, -0.2) is 0 Å². The molecule has 2 aromatic rings. The summed E-state index contributed by atoms with van der Waals surface area (Å²) in [7, 11) is 0. The maximum Gasteiger partial charge on any atom is 0.271 e. The normalized spacial score (nSPS) is 18.5. The Balaban J connectivity index is 1.76. The number of nitrogens with zero attached hydrogens (tertiary/aromatic N) is 2. The standard InChI is InChI=1S/C25H29N7O2/c1-15-16(2)23(24(27)33)28-13-18-9-7-8-12-20(18)30-21(15)14-29-25(34)22(26)17(3)31-32-19-10-5-4-6-11-19/h4-12,16,23,26,28,32H,1,13-14H2,2-3H3,(H2,27,33)(H,29,34)/b26-22?,30-21?,31-17-. The number of nitrogens with two attached hydrogens (primary N) is 1. The van der Waals surface area contributed by atoms with Gasteiger partial charge in [-0.1, -0.05) is 49.9 Å². The van der Waals surface area contributed by atoms with Gasteiger partial charge >= 0.3 is 0 Å². The van der Waals surface area contributed by atoms with Crippen molar-refractivity contribution in [3.63, 3.8) is 0 Å². The molecule has 34 heavy (non-hydrogen) atoms. The summed E-state index contributed by atoms with van der Waals surface area (Å²) in [5.41, 5.74) is 11.8. The van der Waals surface area contributed by atoms with E-state index in [9.17, 15) is 9.59 Å². The number of para-hydroxylation sites is 2. The molecule has 2 amide bonds. The number of carbonyl (C=O) groups is 2. The fourth-order valence-corrected chi connectivity index (χ4v) is 3.48. The Bertz CT molecular complexity index is 1150. The Morgan fingerprint density at radius 2 is 1.88 bits per heavy atom. The summed E-state index contributed by atoms with van der Waals surface area (Å²) in [4.78, 5) is 29.4. The molecule has 0 fully saturated rings. The SMILES string of the molecule is C=C1C(CNC(=O)C(=N)/C(C)=N\Nc2ccccc2)=Nc2ccccc2CNC(C(N)=O)C1C. The summed E-state index contributed by atoms with van der Waals surface area (Å²) < 4.78 is 0. The van der Waals surface area contributed by atoms with Gasteiger partial charge in [0, 0.05) is 12.5 Å². The number of fused-ring (bicyclic) bond motifs is 1. The molecule has 3 rings (SSSR count). The number of benzene rings is 2. The van der Waals surface area contributed by atoms with Crippen LogP contribution >= 0.6 is 0 Å². The Morgan fingerprint density at radius 3 is 2.59 bits per heavy atom. The van der Waals surface area contributed by atoms with Crippen LogP contribution < -0.4 is 21.8 Å². The predicted octanol–water partition coefficient (Wildman–Crippen LogP) is 2.53. The number of rotatable bonds is 7. The maximum atomic E-state index is 12.7. The zero-order valence-corrected chi connectivity index (χ0v) is 19.3. The fourth-order valence-electron chi connectivity index (χ4n) is 3.48. The highest BCUT2D eigenvalue weighted by Gasteiger charge is 2.28. The maximum absolute atomic E-state index is 12.7. The lowest BCUT2D eigenvalue weighted by molar-refractivity contribution is -0.120. The molecule has 2 unspecified atom stereocenters. The van der Waals surface area contributed by atoms with Gasteiger partial charge in [0.1, 0.15) is 5.71 Å². The number of nitrogens with one attached hydrogen (secondary N) is 4. The number of amides is 2. The van der Waals surface area contributed by atoms with E-state index in [1.54, 1.807) is 6.92 Å². The lowest BCUT2D eigenvalue weighted by Gasteiger charge is -2.24. The average molecular weight is 460 g/mol. The third kappa shape index (κ3) is 6.02. The number of primary amides is 1. The summed E-state index contributed by atoms with van der Waals surface area (Å²) in [6, 6.07) is 16.1. The van der Waals surface area contributed by atoms with Crippen molar-refractivity contribution in [2.45, 2.75) is 26.4 Å². The van der Waals surface area contributed by atoms with Gasteiger partial charge in [0.15, 0.2) is 0 Å². The molecule has 0 spiro atoms. The van der Waals surface area contributed by atoms with Crippen molar-refractivity contribution in [3.05, 3.63) is 72.3 Å². The molecule has 0 saturated heterocycles. The number of carbonyl (C=O) groups excluding carboxylic acids is 2. The average Bonchev–Trinajstić information content (AvgIpc) is 2.89. The van der Waals surface area contributed by atoms with Crippen molar-refractivity contribution in [3.8, 4) is 0 Å². The Kier molecular flexibility index (Phi) is 8.05. The van der Waals surface area contributed by atoms with Crippen LogP contribution in [0.1, 0.15) is 19.4 Å². The molecule has 2 aromatic carbocycles. The smallest absolute Gasteiger partial charge is 0.271 e. The molecular formula is C25H29N7O2. The van der Waals surface area contributed by atoms with Gasteiger partial charge in [0.2, 0.25) is 5.91 Å². The second-order valence-electron chi connectivity index (χ2n) is 7.99. The van der Waals surface area contributed by atoms with E-state index in [1.165, 1.54) is 0 Å². The highest BCUT2D eigenvalue weighted by Crippen LogP contribution is 2.25. The first-order chi connectivity index (χ1) is 16.3. The highest BCUT2D eigenvalue weighted by atomic mass is 16.2. The minimum Gasteiger partial charge on any atom is -0.368 e. The summed E-state index contributed by atoms with van der Waals surface area (Å²) in [5.74, 6) is -1.44. The summed E-state index contributed by atoms with van der Waals surface area (Å²) in [5, 5.41) is 18.2. The molecular weight excluding hydrogens is 430 g/mol. The van der Waals surface area contributed by atoms with E-state index < -0.39 is 17.9 Å². The van der Waals surface area contributed by atoms with Crippen molar-refractivity contribution < 1.29 is 9.59 Å². The van der Waals surface area contributed by atoms with Crippen molar-refractivity contribution >= 4 is 40.3 Å². The molecule has 0 bridgehead atoms. The van der Waals surface area contributed by atoms with Crippen LogP contribution in [0.2, 0.25) is 0 Å². The van der Waals surface area contributed by atoms with Crippen molar-refractivity contribution in [2.24, 2.45) is 21.7 Å². The van der Waals surface area contributed by atoms with E-state index in [-0.39, 0.29) is 23.9 Å². The van der Waals surface area contributed by atoms with Crippen LogP contribution in [-0.2, 0) is 16.1 Å². The number of aliphatic imine (C=N–C) groups is 1. The molecule has 176 valence electrons. The largest absolute Gasteiger partial charge is 0.368 e. The third-order valence-electron chi connectivity index (χ3n) is 5.62. The first kappa shape index (κ1) is 24.5. The number of hydrazone groups is 1. The zero-order valence-electron chi connectivity index (χ0n) is 19.3. The molecule has 1 aliphatic rings. The van der Waals surface area contributed by atoms with Crippen LogP contribution in [0.4, 0.5) is 11.4 Å². The van der Waals surface area contributed by atoms with Crippen molar-refractivity contribution in [1.82, 2.24) is 10.6 Å². The van der Waals surface area contributed by atoms with E-state index >= 15 is 0 Å². The van der Waals surface area contributed by atoms with Gasteiger partial charge in [-0.15, -0.1) is 0 Å². The topological polar surface area (TPSA) is 145 Å².